The van der Waals surface area contributed by atoms with Gasteiger partial charge in [-0.15, -0.1) is 0 Å². The van der Waals surface area contributed by atoms with Crippen LogP contribution in [0.15, 0.2) is 23.4 Å². The topological polar surface area (TPSA) is 100 Å². The van der Waals surface area contributed by atoms with Gasteiger partial charge in [0, 0.05) is 19.8 Å². The van der Waals surface area contributed by atoms with Gasteiger partial charge in [-0.25, -0.2) is 13.4 Å². The molecule has 1 aromatic heterocycles. The number of anilines is 1. The summed E-state index contributed by atoms with van der Waals surface area (Å²) in [6.07, 6.45) is 2.26. The number of pyridine rings is 1. The van der Waals surface area contributed by atoms with Gasteiger partial charge < -0.3 is 10.6 Å². The summed E-state index contributed by atoms with van der Waals surface area (Å²) in [7, 11) is -2.41. The first-order valence-electron chi connectivity index (χ1n) is 6.35. The highest BCUT2D eigenvalue weighted by Gasteiger charge is 2.24. The molecular weight excluding hydrogens is 280 g/mol. The van der Waals surface area contributed by atoms with E-state index in [1.54, 1.807) is 12.1 Å². The monoisotopic (exact) mass is 300 g/mol. The molecule has 0 aliphatic carbocycles. The van der Waals surface area contributed by atoms with Gasteiger partial charge >= 0.3 is 0 Å². The second-order valence-corrected chi connectivity index (χ2v) is 5.87. The van der Waals surface area contributed by atoms with Crippen LogP contribution in [0.4, 0.5) is 5.69 Å². The Morgan fingerprint density at radius 1 is 1.45 bits per heavy atom. The average Bonchev–Trinajstić information content (AvgIpc) is 2.43. The van der Waals surface area contributed by atoms with Gasteiger partial charge in [-0.3, -0.25) is 4.79 Å². The number of nitrogens with zero attached hydrogens (tertiary/aromatic N) is 1. The lowest BCUT2D eigenvalue weighted by molar-refractivity contribution is -0.121. The van der Waals surface area contributed by atoms with Crippen LogP contribution in [0.2, 0.25) is 0 Å². The fourth-order valence-electron chi connectivity index (χ4n) is 1.56. The molecular formula is C12H20N4O3S. The molecule has 20 heavy (non-hydrogen) atoms. The van der Waals surface area contributed by atoms with Gasteiger partial charge in [0.1, 0.15) is 0 Å². The second-order valence-electron chi connectivity index (χ2n) is 4.24. The molecule has 1 heterocycles. The molecule has 3 N–H and O–H groups in total. The van der Waals surface area contributed by atoms with Gasteiger partial charge in [-0.05, 0) is 25.5 Å². The summed E-state index contributed by atoms with van der Waals surface area (Å²) in [5.74, 6) is -0.410. The molecule has 0 saturated carbocycles. The second kappa shape index (κ2) is 7.20. The maximum atomic E-state index is 12.3. The number of sulfonamides is 1. The van der Waals surface area contributed by atoms with Crippen molar-refractivity contribution in [1.82, 2.24) is 15.0 Å². The summed E-state index contributed by atoms with van der Waals surface area (Å²) in [6, 6.07) is 2.42. The van der Waals surface area contributed by atoms with Crippen molar-refractivity contribution in [1.29, 1.82) is 0 Å². The zero-order valence-electron chi connectivity index (χ0n) is 11.8. The number of carbonyl (C=O) groups excluding carboxylic acids is 1. The first-order valence-corrected chi connectivity index (χ1v) is 7.83. The van der Waals surface area contributed by atoms with E-state index in [0.29, 0.717) is 12.2 Å². The molecule has 0 saturated heterocycles. The summed E-state index contributed by atoms with van der Waals surface area (Å²) in [5, 5.41) is 5.28. The molecule has 0 aliphatic heterocycles. The van der Waals surface area contributed by atoms with Gasteiger partial charge in [0.15, 0.2) is 5.03 Å². The number of hydrogen-bond acceptors (Lipinski definition) is 5. The molecule has 7 nitrogen and oxygen atoms in total. The van der Waals surface area contributed by atoms with Crippen LogP contribution in [0.1, 0.15) is 20.3 Å². The summed E-state index contributed by atoms with van der Waals surface area (Å²) in [6.45, 7) is 4.08. The van der Waals surface area contributed by atoms with Crippen LogP contribution in [0.5, 0.6) is 0 Å². The van der Waals surface area contributed by atoms with Gasteiger partial charge in [0.2, 0.25) is 5.91 Å². The van der Waals surface area contributed by atoms with Crippen molar-refractivity contribution in [2.24, 2.45) is 0 Å². The summed E-state index contributed by atoms with van der Waals surface area (Å²) in [5.41, 5.74) is 0.422. The maximum absolute atomic E-state index is 12.3. The summed E-state index contributed by atoms with van der Waals surface area (Å²) in [4.78, 5) is 15.3. The van der Waals surface area contributed by atoms with Crippen molar-refractivity contribution in [2.75, 3.05) is 18.9 Å². The lowest BCUT2D eigenvalue weighted by Gasteiger charge is -2.15. The van der Waals surface area contributed by atoms with E-state index in [9.17, 15) is 13.2 Å². The van der Waals surface area contributed by atoms with Crippen LogP contribution in [0, 0.1) is 0 Å². The van der Waals surface area contributed by atoms with Gasteiger partial charge in [-0.1, -0.05) is 6.92 Å². The molecule has 1 atom stereocenters. The third-order valence-electron chi connectivity index (χ3n) is 2.56. The first-order chi connectivity index (χ1) is 9.42. The molecule has 8 heteroatoms. The number of amides is 1. The Kier molecular flexibility index (Phi) is 5.90. The number of nitrogens with one attached hydrogen (secondary N) is 3. The molecule has 0 fully saturated rings. The minimum absolute atomic E-state index is 0.107. The Morgan fingerprint density at radius 2 is 2.15 bits per heavy atom. The standard InChI is InChI=1S/C12H20N4O3S/c1-4-7-14-10-6-5-8-15-12(10)20(18,19)16-9(2)11(17)13-3/h5-6,8-9,14,16H,4,7H2,1-3H3,(H,13,17). The van der Waals surface area contributed by atoms with E-state index in [1.807, 2.05) is 6.92 Å². The Morgan fingerprint density at radius 3 is 2.75 bits per heavy atom. The average molecular weight is 300 g/mol. The summed E-state index contributed by atoms with van der Waals surface area (Å²) < 4.78 is 26.8. The number of carbonyl (C=O) groups is 1. The van der Waals surface area contributed by atoms with Crippen LogP contribution >= 0.6 is 0 Å². The third kappa shape index (κ3) is 4.17. The number of hydrogen-bond donors (Lipinski definition) is 3. The largest absolute Gasteiger partial charge is 0.383 e. The van der Waals surface area contributed by atoms with E-state index in [2.05, 4.69) is 20.3 Å². The Labute approximate surface area is 119 Å². The predicted molar refractivity (Wildman–Crippen MR) is 76.9 cm³/mol. The minimum atomic E-state index is -3.86. The van der Waals surface area contributed by atoms with Crippen molar-refractivity contribution < 1.29 is 13.2 Å². The van der Waals surface area contributed by atoms with Crippen LogP contribution in [-0.4, -0.2) is 38.9 Å². The molecule has 112 valence electrons. The van der Waals surface area contributed by atoms with Crippen LogP contribution in [-0.2, 0) is 14.8 Å². The molecule has 0 aromatic carbocycles. The molecule has 0 radical (unpaired) electrons. The van der Waals surface area contributed by atoms with Crippen molar-refractivity contribution in [3.05, 3.63) is 18.3 Å². The van der Waals surface area contributed by atoms with E-state index >= 15 is 0 Å². The van der Waals surface area contributed by atoms with Crippen molar-refractivity contribution in [3.8, 4) is 0 Å². The quantitative estimate of drug-likeness (QED) is 0.673. The Hall–Kier alpha value is -1.67. The molecule has 1 amide bonds. The minimum Gasteiger partial charge on any atom is -0.383 e. The number of likely N-dealkylation sites (N-methyl/N-ethyl adjacent to an activating group) is 1. The third-order valence-corrected chi connectivity index (χ3v) is 4.06. The highest BCUT2D eigenvalue weighted by atomic mass is 32.2. The normalized spacial score (nSPS) is 12.8. The van der Waals surface area contributed by atoms with Gasteiger partial charge in [0.25, 0.3) is 10.0 Å². The van der Waals surface area contributed by atoms with Crippen LogP contribution in [0.25, 0.3) is 0 Å². The smallest absolute Gasteiger partial charge is 0.260 e. The maximum Gasteiger partial charge on any atom is 0.260 e. The van der Waals surface area contributed by atoms with E-state index in [0.717, 1.165) is 6.42 Å². The highest BCUT2D eigenvalue weighted by Crippen LogP contribution is 2.18. The van der Waals surface area contributed by atoms with Gasteiger partial charge in [-0.2, -0.15) is 4.72 Å². The van der Waals surface area contributed by atoms with Crippen molar-refractivity contribution >= 4 is 21.6 Å². The van der Waals surface area contributed by atoms with E-state index in [-0.39, 0.29) is 5.03 Å². The van der Waals surface area contributed by atoms with Crippen LogP contribution < -0.4 is 15.4 Å². The zero-order chi connectivity index (χ0) is 15.2. The lowest BCUT2D eigenvalue weighted by Crippen LogP contribution is -2.43. The highest BCUT2D eigenvalue weighted by molar-refractivity contribution is 7.89. The molecule has 0 bridgehead atoms. The van der Waals surface area contributed by atoms with E-state index < -0.39 is 22.0 Å². The van der Waals surface area contributed by atoms with Crippen molar-refractivity contribution in [3.63, 3.8) is 0 Å². The molecule has 0 aliphatic rings. The number of aromatic nitrogens is 1. The van der Waals surface area contributed by atoms with Crippen molar-refractivity contribution in [2.45, 2.75) is 31.3 Å². The van der Waals surface area contributed by atoms with Gasteiger partial charge in [0.05, 0.1) is 11.7 Å². The van der Waals surface area contributed by atoms with Crippen LogP contribution in [0.3, 0.4) is 0 Å². The predicted octanol–water partition coefficient (Wildman–Crippen LogP) is 0.316. The van der Waals surface area contributed by atoms with E-state index in [1.165, 1.54) is 20.2 Å². The lowest BCUT2D eigenvalue weighted by atomic mass is 10.3. The Balaban J connectivity index is 3.00. The molecule has 1 unspecified atom stereocenters. The Bertz CT molecular complexity index is 560. The molecule has 1 aromatic rings. The molecule has 0 spiro atoms. The SMILES string of the molecule is CCCNc1cccnc1S(=O)(=O)NC(C)C(=O)NC. The molecule has 1 rings (SSSR count). The van der Waals surface area contributed by atoms with E-state index in [4.69, 9.17) is 0 Å². The first kappa shape index (κ1) is 16.4. The summed E-state index contributed by atoms with van der Waals surface area (Å²) >= 11 is 0. The fourth-order valence-corrected chi connectivity index (χ4v) is 2.87. The zero-order valence-corrected chi connectivity index (χ0v) is 12.6. The number of rotatable bonds is 7. The fraction of sp³-hybridized carbons (Fsp3) is 0.500.